The molecule has 6 heteroatoms. The van der Waals surface area contributed by atoms with Crippen LogP contribution in [0, 0.1) is 17.8 Å². The average molecular weight is 437 g/mol. The van der Waals surface area contributed by atoms with E-state index in [0.717, 1.165) is 24.8 Å². The zero-order valence-corrected chi connectivity index (χ0v) is 19.9. The van der Waals surface area contributed by atoms with E-state index in [-0.39, 0.29) is 25.2 Å². The van der Waals surface area contributed by atoms with Gasteiger partial charge in [-0.1, -0.05) is 57.5 Å². The molecule has 5 nitrogen and oxygen atoms in total. The Balaban J connectivity index is 1.92. The normalized spacial score (nSPS) is 31.5. The van der Waals surface area contributed by atoms with Crippen molar-refractivity contribution >= 4 is 13.6 Å². The smallest absolute Gasteiger partial charge is 0.348 e. The molecule has 2 fully saturated rings. The fourth-order valence-corrected chi connectivity index (χ4v) is 7.50. The van der Waals surface area contributed by atoms with Gasteiger partial charge in [0.25, 0.3) is 0 Å². The summed E-state index contributed by atoms with van der Waals surface area (Å²) in [6, 6.07) is 9.76. The first-order chi connectivity index (χ1) is 14.3. The monoisotopic (exact) mass is 436 g/mol. The molecule has 0 heterocycles. The van der Waals surface area contributed by atoms with E-state index in [4.69, 9.17) is 13.8 Å². The van der Waals surface area contributed by atoms with Gasteiger partial charge in [-0.25, -0.2) is 0 Å². The standard InChI is InChI=1S/C24H37O5P/c1-6-27-30(26,28-7-2)24(16-21(24)19-11-9-8-10-12-19)23(25)29-22-15-18(5)13-14-20(22)17(3)4/h8-12,17-18,20-22H,6-7,13-16H2,1-5H3/t18-,20+,21-,22-,24-/m1/s1. The van der Waals surface area contributed by atoms with Crippen LogP contribution in [0.4, 0.5) is 0 Å². The summed E-state index contributed by atoms with van der Waals surface area (Å²) in [5.41, 5.74) is 0.978. The maximum atomic E-state index is 13.9. The van der Waals surface area contributed by atoms with Crippen molar-refractivity contribution in [2.75, 3.05) is 13.2 Å². The molecule has 2 aliphatic carbocycles. The minimum absolute atomic E-state index is 0.146. The summed E-state index contributed by atoms with van der Waals surface area (Å²) in [5.74, 6) is 0.652. The Morgan fingerprint density at radius 3 is 2.33 bits per heavy atom. The lowest BCUT2D eigenvalue weighted by Crippen LogP contribution is -2.40. The van der Waals surface area contributed by atoms with Crippen LogP contribution < -0.4 is 0 Å². The van der Waals surface area contributed by atoms with Gasteiger partial charge in [-0.3, -0.25) is 9.36 Å². The third kappa shape index (κ3) is 4.40. The van der Waals surface area contributed by atoms with Gasteiger partial charge in [0.15, 0.2) is 5.16 Å². The first-order valence-electron chi connectivity index (χ1n) is 11.4. The van der Waals surface area contributed by atoms with Crippen molar-refractivity contribution in [1.82, 2.24) is 0 Å². The zero-order valence-electron chi connectivity index (χ0n) is 19.0. The van der Waals surface area contributed by atoms with Gasteiger partial charge in [-0.15, -0.1) is 0 Å². The van der Waals surface area contributed by atoms with Gasteiger partial charge >= 0.3 is 13.6 Å². The third-order valence-electron chi connectivity index (χ3n) is 6.79. The summed E-state index contributed by atoms with van der Waals surface area (Å²) in [5, 5.41) is -1.25. The van der Waals surface area contributed by atoms with Gasteiger partial charge in [-0.05, 0) is 56.4 Å². The molecule has 0 saturated heterocycles. The number of rotatable bonds is 9. The molecule has 0 aliphatic heterocycles. The Bertz CT molecular complexity index is 754. The summed E-state index contributed by atoms with van der Waals surface area (Å²) >= 11 is 0. The van der Waals surface area contributed by atoms with Crippen LogP contribution in [0.3, 0.4) is 0 Å². The largest absolute Gasteiger partial charge is 0.461 e. The van der Waals surface area contributed by atoms with Crippen molar-refractivity contribution in [2.24, 2.45) is 17.8 Å². The molecule has 0 bridgehead atoms. The Kier molecular flexibility index (Phi) is 7.48. The topological polar surface area (TPSA) is 61.8 Å². The lowest BCUT2D eigenvalue weighted by Gasteiger charge is -2.38. The van der Waals surface area contributed by atoms with E-state index in [1.807, 2.05) is 30.3 Å². The highest BCUT2D eigenvalue weighted by Gasteiger charge is 2.74. The molecule has 0 spiro atoms. The van der Waals surface area contributed by atoms with Gasteiger partial charge in [0.2, 0.25) is 0 Å². The van der Waals surface area contributed by atoms with Gasteiger partial charge in [0.05, 0.1) is 13.2 Å². The van der Waals surface area contributed by atoms with Crippen LogP contribution in [0.2, 0.25) is 0 Å². The number of carbonyl (C=O) groups excluding carboxylic acids is 1. The Morgan fingerprint density at radius 2 is 1.77 bits per heavy atom. The van der Waals surface area contributed by atoms with Gasteiger partial charge < -0.3 is 13.8 Å². The summed E-state index contributed by atoms with van der Waals surface area (Å²) in [7, 11) is -3.69. The Hall–Kier alpha value is -1.16. The molecule has 1 aromatic carbocycles. The number of hydrogen-bond acceptors (Lipinski definition) is 5. The van der Waals surface area contributed by atoms with Gasteiger partial charge in [0, 0.05) is 5.92 Å². The highest BCUT2D eigenvalue weighted by Crippen LogP contribution is 2.77. The van der Waals surface area contributed by atoms with E-state index in [1.54, 1.807) is 13.8 Å². The van der Waals surface area contributed by atoms with Crippen molar-refractivity contribution in [3.05, 3.63) is 35.9 Å². The van der Waals surface area contributed by atoms with E-state index >= 15 is 0 Å². The molecule has 3 rings (SSSR count). The molecule has 30 heavy (non-hydrogen) atoms. The Morgan fingerprint density at radius 1 is 1.13 bits per heavy atom. The summed E-state index contributed by atoms with van der Waals surface area (Å²) < 4.78 is 31.5. The van der Waals surface area contributed by atoms with E-state index in [9.17, 15) is 9.36 Å². The maximum Gasteiger partial charge on any atom is 0.348 e. The van der Waals surface area contributed by atoms with Gasteiger partial charge in [-0.2, -0.15) is 0 Å². The van der Waals surface area contributed by atoms with Crippen molar-refractivity contribution in [1.29, 1.82) is 0 Å². The first kappa shape index (κ1) is 23.5. The fourth-order valence-electron chi connectivity index (χ4n) is 5.07. The van der Waals surface area contributed by atoms with Crippen LogP contribution >= 0.6 is 7.60 Å². The second-order valence-corrected chi connectivity index (χ2v) is 11.5. The maximum absolute atomic E-state index is 13.9. The highest BCUT2D eigenvalue weighted by atomic mass is 31.2. The molecule has 0 amide bonds. The number of ether oxygens (including phenoxy) is 1. The zero-order chi connectivity index (χ0) is 21.9. The van der Waals surface area contributed by atoms with E-state index in [0.29, 0.717) is 24.2 Å². The highest BCUT2D eigenvalue weighted by molar-refractivity contribution is 7.57. The second kappa shape index (κ2) is 9.54. The van der Waals surface area contributed by atoms with Crippen molar-refractivity contribution < 1.29 is 23.1 Å². The van der Waals surface area contributed by atoms with Crippen molar-refractivity contribution in [3.63, 3.8) is 0 Å². The number of benzene rings is 1. The SMILES string of the molecule is CCOP(=O)(OCC)[C@]1(C(=O)O[C@@H]2C[C@H](C)CC[C@H]2C(C)C)C[C@@H]1c1ccccc1. The van der Waals surface area contributed by atoms with Crippen LogP contribution in [0.15, 0.2) is 30.3 Å². The minimum Gasteiger partial charge on any atom is -0.461 e. The predicted molar refractivity (Wildman–Crippen MR) is 119 cm³/mol. The van der Waals surface area contributed by atoms with Crippen LogP contribution in [0.25, 0.3) is 0 Å². The molecule has 2 aliphatic rings. The van der Waals surface area contributed by atoms with E-state index in [2.05, 4.69) is 20.8 Å². The molecule has 2 saturated carbocycles. The molecule has 0 radical (unpaired) electrons. The van der Waals surface area contributed by atoms with Crippen molar-refractivity contribution in [2.45, 2.75) is 77.5 Å². The van der Waals surface area contributed by atoms with Crippen LogP contribution in [0.1, 0.15) is 71.8 Å². The fraction of sp³-hybridized carbons (Fsp3) is 0.708. The summed E-state index contributed by atoms with van der Waals surface area (Å²) in [6.45, 7) is 10.6. The van der Waals surface area contributed by atoms with Crippen LogP contribution in [-0.2, 0) is 23.1 Å². The lowest BCUT2D eigenvalue weighted by atomic mass is 9.75. The first-order valence-corrected chi connectivity index (χ1v) is 13.0. The van der Waals surface area contributed by atoms with Crippen LogP contribution in [0.5, 0.6) is 0 Å². The summed E-state index contributed by atoms with van der Waals surface area (Å²) in [6.07, 6.45) is 3.36. The van der Waals surface area contributed by atoms with Gasteiger partial charge in [0.1, 0.15) is 6.10 Å². The predicted octanol–water partition coefficient (Wildman–Crippen LogP) is 6.18. The van der Waals surface area contributed by atoms with Crippen molar-refractivity contribution in [3.8, 4) is 0 Å². The number of hydrogen-bond donors (Lipinski definition) is 0. The molecular weight excluding hydrogens is 399 g/mol. The molecule has 0 aromatic heterocycles. The summed E-state index contributed by atoms with van der Waals surface area (Å²) in [4.78, 5) is 13.7. The number of esters is 1. The molecular formula is C24H37O5P. The quantitative estimate of drug-likeness (QED) is 0.341. The average Bonchev–Trinajstić information content (AvgIpc) is 3.47. The molecule has 0 unspecified atom stereocenters. The molecule has 0 N–H and O–H groups in total. The molecule has 1 aromatic rings. The Labute approximate surface area is 181 Å². The van der Waals surface area contributed by atoms with E-state index in [1.165, 1.54) is 0 Å². The van der Waals surface area contributed by atoms with E-state index < -0.39 is 18.7 Å². The van der Waals surface area contributed by atoms with Crippen LogP contribution in [-0.4, -0.2) is 30.4 Å². The second-order valence-electron chi connectivity index (χ2n) is 9.19. The minimum atomic E-state index is -3.69. The third-order valence-corrected chi connectivity index (χ3v) is 9.64. The lowest BCUT2D eigenvalue weighted by molar-refractivity contribution is -0.157. The molecule has 5 atom stereocenters. The number of carbonyl (C=O) groups is 1. The molecule has 168 valence electrons.